The van der Waals surface area contributed by atoms with Crippen molar-refractivity contribution in [2.75, 3.05) is 0 Å². The van der Waals surface area contributed by atoms with Crippen LogP contribution in [0.5, 0.6) is 0 Å². The summed E-state index contributed by atoms with van der Waals surface area (Å²) in [5, 5.41) is 1.98. The molecule has 4 aromatic rings. The van der Waals surface area contributed by atoms with E-state index in [1.54, 1.807) is 12.4 Å². The predicted octanol–water partition coefficient (Wildman–Crippen LogP) is 4.01. The Kier molecular flexibility index (Phi) is 2.44. The van der Waals surface area contributed by atoms with E-state index >= 15 is 0 Å². The lowest BCUT2D eigenvalue weighted by atomic mass is 10.1. The zero-order chi connectivity index (χ0) is 13.5. The van der Waals surface area contributed by atoms with Gasteiger partial charge in [0.05, 0.1) is 10.4 Å². The first-order valence-corrected chi connectivity index (χ1v) is 7.10. The number of pyridine rings is 1. The molecule has 0 amide bonds. The summed E-state index contributed by atoms with van der Waals surface area (Å²) in [6.07, 6.45) is 3.46. The first kappa shape index (κ1) is 11.4. The molecule has 0 bridgehead atoms. The van der Waals surface area contributed by atoms with Crippen molar-refractivity contribution < 1.29 is 4.79 Å². The monoisotopic (exact) mass is 278 g/mol. The van der Waals surface area contributed by atoms with Crippen LogP contribution in [0, 0.1) is 0 Å². The summed E-state index contributed by atoms with van der Waals surface area (Å²) in [6.45, 7) is 0. The van der Waals surface area contributed by atoms with Gasteiger partial charge in [0.1, 0.15) is 5.65 Å². The molecule has 0 spiro atoms. The maximum absolute atomic E-state index is 12.7. The predicted molar refractivity (Wildman–Crippen MR) is 81.4 cm³/mol. The molecule has 1 aromatic carbocycles. The first-order valence-electron chi connectivity index (χ1n) is 6.28. The third kappa shape index (κ3) is 1.66. The molecule has 0 saturated heterocycles. The molecule has 0 aliphatic rings. The fourth-order valence-electron chi connectivity index (χ4n) is 2.37. The Morgan fingerprint density at radius 1 is 1.15 bits per heavy atom. The van der Waals surface area contributed by atoms with E-state index in [0.717, 1.165) is 26.0 Å². The van der Waals surface area contributed by atoms with Gasteiger partial charge in [-0.2, -0.15) is 0 Å². The van der Waals surface area contributed by atoms with E-state index in [9.17, 15) is 4.79 Å². The van der Waals surface area contributed by atoms with Crippen molar-refractivity contribution in [1.29, 1.82) is 0 Å². The molecule has 3 heterocycles. The van der Waals surface area contributed by atoms with Crippen LogP contribution in [0.3, 0.4) is 0 Å². The van der Waals surface area contributed by atoms with Gasteiger partial charge in [-0.1, -0.05) is 18.2 Å². The maximum atomic E-state index is 12.7. The fraction of sp³-hybridized carbons (Fsp3) is 0. The van der Waals surface area contributed by atoms with E-state index < -0.39 is 0 Å². The zero-order valence-corrected chi connectivity index (χ0v) is 11.3. The minimum absolute atomic E-state index is 0.0467. The van der Waals surface area contributed by atoms with Crippen molar-refractivity contribution in [3.05, 3.63) is 65.3 Å². The molecule has 3 nitrogen and oxygen atoms in total. The molecule has 0 fully saturated rings. The van der Waals surface area contributed by atoms with Crippen LogP contribution in [0.2, 0.25) is 0 Å². The standard InChI is InChI=1S/C16H10N2OS/c19-15(12-9-18-16-11(12)5-3-7-17-16)14-8-10-4-1-2-6-13(10)20-14/h1-9H,(H,17,18). The number of thiophene rings is 1. The zero-order valence-electron chi connectivity index (χ0n) is 10.5. The molecule has 0 aliphatic carbocycles. The highest BCUT2D eigenvalue weighted by Crippen LogP contribution is 2.28. The van der Waals surface area contributed by atoms with E-state index in [1.807, 2.05) is 42.5 Å². The van der Waals surface area contributed by atoms with Gasteiger partial charge in [0.15, 0.2) is 0 Å². The van der Waals surface area contributed by atoms with Gasteiger partial charge >= 0.3 is 0 Å². The Labute approximate surface area is 118 Å². The Hall–Kier alpha value is -2.46. The molecule has 0 unspecified atom stereocenters. The summed E-state index contributed by atoms with van der Waals surface area (Å²) in [5.74, 6) is 0.0467. The number of nitrogens with zero attached hydrogens (tertiary/aromatic N) is 1. The number of H-pyrrole nitrogens is 1. The molecule has 3 aromatic heterocycles. The van der Waals surface area contributed by atoms with E-state index in [4.69, 9.17) is 0 Å². The molecule has 0 saturated carbocycles. The average Bonchev–Trinajstić information content (AvgIpc) is 3.10. The van der Waals surface area contributed by atoms with Gasteiger partial charge in [0, 0.05) is 22.5 Å². The second kappa shape index (κ2) is 4.28. The van der Waals surface area contributed by atoms with E-state index in [0.29, 0.717) is 5.56 Å². The lowest BCUT2D eigenvalue weighted by Crippen LogP contribution is -1.96. The highest BCUT2D eigenvalue weighted by Gasteiger charge is 2.16. The summed E-state index contributed by atoms with van der Waals surface area (Å²) in [4.78, 5) is 20.7. The second-order valence-electron chi connectivity index (χ2n) is 4.58. The van der Waals surface area contributed by atoms with Gasteiger partial charge in [-0.25, -0.2) is 4.98 Å². The van der Waals surface area contributed by atoms with Gasteiger partial charge in [0.2, 0.25) is 5.78 Å². The number of ketones is 1. The van der Waals surface area contributed by atoms with Crippen molar-refractivity contribution in [2.45, 2.75) is 0 Å². The highest BCUT2D eigenvalue weighted by atomic mass is 32.1. The Morgan fingerprint density at radius 2 is 2.05 bits per heavy atom. The van der Waals surface area contributed by atoms with Crippen LogP contribution in [0.15, 0.2) is 54.9 Å². The summed E-state index contributed by atoms with van der Waals surface area (Å²) < 4.78 is 1.13. The molecule has 4 heteroatoms. The number of aromatic nitrogens is 2. The number of aromatic amines is 1. The molecule has 0 aliphatic heterocycles. The van der Waals surface area contributed by atoms with E-state index in [-0.39, 0.29) is 5.78 Å². The number of fused-ring (bicyclic) bond motifs is 2. The van der Waals surface area contributed by atoms with Crippen LogP contribution >= 0.6 is 11.3 Å². The maximum Gasteiger partial charge on any atom is 0.205 e. The first-order chi connectivity index (χ1) is 9.83. The molecule has 20 heavy (non-hydrogen) atoms. The van der Waals surface area contributed by atoms with Crippen molar-refractivity contribution in [1.82, 2.24) is 9.97 Å². The van der Waals surface area contributed by atoms with Crippen molar-refractivity contribution in [2.24, 2.45) is 0 Å². The summed E-state index contributed by atoms with van der Waals surface area (Å²) in [5.41, 5.74) is 1.43. The molecule has 0 atom stereocenters. The number of carbonyl (C=O) groups excluding carboxylic acids is 1. The van der Waals surface area contributed by atoms with Crippen LogP contribution in [-0.4, -0.2) is 15.8 Å². The third-order valence-corrected chi connectivity index (χ3v) is 4.46. The topological polar surface area (TPSA) is 45.8 Å². The quantitative estimate of drug-likeness (QED) is 0.563. The summed E-state index contributed by atoms with van der Waals surface area (Å²) in [6, 6.07) is 13.8. The van der Waals surface area contributed by atoms with Crippen LogP contribution in [0.25, 0.3) is 21.1 Å². The van der Waals surface area contributed by atoms with Crippen molar-refractivity contribution in [3.63, 3.8) is 0 Å². The number of rotatable bonds is 2. The number of hydrogen-bond acceptors (Lipinski definition) is 3. The lowest BCUT2D eigenvalue weighted by Gasteiger charge is -1.94. The van der Waals surface area contributed by atoms with Crippen LogP contribution < -0.4 is 0 Å². The van der Waals surface area contributed by atoms with E-state index in [2.05, 4.69) is 9.97 Å². The number of carbonyl (C=O) groups is 1. The van der Waals surface area contributed by atoms with Crippen LogP contribution in [0.1, 0.15) is 15.2 Å². The fourth-order valence-corrected chi connectivity index (χ4v) is 3.39. The van der Waals surface area contributed by atoms with Gasteiger partial charge in [-0.15, -0.1) is 11.3 Å². The summed E-state index contributed by atoms with van der Waals surface area (Å²) in [7, 11) is 0. The molecule has 0 radical (unpaired) electrons. The normalized spacial score (nSPS) is 11.2. The Morgan fingerprint density at radius 3 is 2.95 bits per heavy atom. The lowest BCUT2D eigenvalue weighted by molar-refractivity contribution is 0.104. The molecular formula is C16H10N2OS. The molecular weight excluding hydrogens is 268 g/mol. The number of nitrogens with one attached hydrogen (secondary N) is 1. The third-order valence-electron chi connectivity index (χ3n) is 3.35. The largest absolute Gasteiger partial charge is 0.345 e. The van der Waals surface area contributed by atoms with Gasteiger partial charge in [0.25, 0.3) is 0 Å². The number of hydrogen-bond donors (Lipinski definition) is 1. The van der Waals surface area contributed by atoms with Crippen LogP contribution in [0.4, 0.5) is 0 Å². The van der Waals surface area contributed by atoms with Crippen molar-refractivity contribution in [3.8, 4) is 0 Å². The minimum Gasteiger partial charge on any atom is -0.345 e. The minimum atomic E-state index is 0.0467. The highest BCUT2D eigenvalue weighted by molar-refractivity contribution is 7.21. The molecule has 1 N–H and O–H groups in total. The molecule has 4 rings (SSSR count). The van der Waals surface area contributed by atoms with Gasteiger partial charge in [-0.05, 0) is 29.7 Å². The number of benzene rings is 1. The second-order valence-corrected chi connectivity index (χ2v) is 5.66. The van der Waals surface area contributed by atoms with Crippen LogP contribution in [-0.2, 0) is 0 Å². The van der Waals surface area contributed by atoms with E-state index in [1.165, 1.54) is 11.3 Å². The Bertz CT molecular complexity index is 903. The van der Waals surface area contributed by atoms with Crippen molar-refractivity contribution >= 4 is 38.2 Å². The Balaban J connectivity index is 1.87. The summed E-state index contributed by atoms with van der Waals surface area (Å²) >= 11 is 1.53. The van der Waals surface area contributed by atoms with Gasteiger partial charge in [-0.3, -0.25) is 4.79 Å². The van der Waals surface area contributed by atoms with Gasteiger partial charge < -0.3 is 4.98 Å². The smallest absolute Gasteiger partial charge is 0.205 e. The SMILES string of the molecule is O=C(c1cc2ccccc2s1)c1c[nH]c2ncccc12. The molecule has 96 valence electrons. The average molecular weight is 278 g/mol.